The molecular formula is C17H29N3O3S. The van der Waals surface area contributed by atoms with Crippen molar-refractivity contribution in [2.75, 3.05) is 20.1 Å². The van der Waals surface area contributed by atoms with Gasteiger partial charge in [-0.2, -0.15) is 4.31 Å². The highest BCUT2D eigenvalue weighted by Gasteiger charge is 2.22. The number of aromatic nitrogens is 1. The van der Waals surface area contributed by atoms with Gasteiger partial charge in [-0.1, -0.05) is 39.5 Å². The lowest BCUT2D eigenvalue weighted by atomic mass is 10.0. The van der Waals surface area contributed by atoms with Gasteiger partial charge in [-0.15, -0.1) is 0 Å². The van der Waals surface area contributed by atoms with Gasteiger partial charge in [0, 0.05) is 26.0 Å². The fourth-order valence-corrected chi connectivity index (χ4v) is 3.37. The highest BCUT2D eigenvalue weighted by atomic mass is 32.2. The molecule has 0 aliphatic heterocycles. The van der Waals surface area contributed by atoms with Crippen molar-refractivity contribution in [1.29, 1.82) is 0 Å². The molecule has 0 bridgehead atoms. The summed E-state index contributed by atoms with van der Waals surface area (Å²) in [6, 6.07) is 3.02. The van der Waals surface area contributed by atoms with Crippen molar-refractivity contribution in [1.82, 2.24) is 14.6 Å². The van der Waals surface area contributed by atoms with Crippen molar-refractivity contribution in [3.05, 3.63) is 24.5 Å². The van der Waals surface area contributed by atoms with Crippen LogP contribution in [0.5, 0.6) is 0 Å². The molecule has 0 aliphatic rings. The van der Waals surface area contributed by atoms with Crippen LogP contribution in [-0.2, 0) is 14.8 Å². The van der Waals surface area contributed by atoms with Crippen LogP contribution in [0.3, 0.4) is 0 Å². The van der Waals surface area contributed by atoms with Crippen LogP contribution in [0.1, 0.15) is 46.0 Å². The predicted octanol–water partition coefficient (Wildman–Crippen LogP) is 2.42. The standard InChI is InChI=1S/C17H29N3O3S/c1-15(2)9-6-4-5-7-12-19-17(21)14-20(3)24(22,23)16-10-8-11-18-13-16/h8,10-11,13,15H,4-7,9,12,14H2,1-3H3,(H,19,21). The Labute approximate surface area is 145 Å². The van der Waals surface area contributed by atoms with Crippen LogP contribution in [0.4, 0.5) is 0 Å². The maximum atomic E-state index is 12.3. The van der Waals surface area contributed by atoms with Crippen molar-refractivity contribution in [2.45, 2.75) is 50.8 Å². The zero-order valence-electron chi connectivity index (χ0n) is 14.9. The molecule has 0 radical (unpaired) electrons. The smallest absolute Gasteiger partial charge is 0.244 e. The van der Waals surface area contributed by atoms with E-state index in [1.807, 2.05) is 0 Å². The first-order valence-electron chi connectivity index (χ1n) is 8.47. The molecule has 1 aromatic heterocycles. The third-order valence-corrected chi connectivity index (χ3v) is 5.53. The third-order valence-electron chi connectivity index (χ3n) is 3.74. The molecule has 0 saturated carbocycles. The molecular weight excluding hydrogens is 326 g/mol. The summed E-state index contributed by atoms with van der Waals surface area (Å²) < 4.78 is 25.6. The number of sulfonamides is 1. The summed E-state index contributed by atoms with van der Waals surface area (Å²) in [5.74, 6) is 0.453. The number of likely N-dealkylation sites (N-methyl/N-ethyl adjacent to an activating group) is 1. The second-order valence-electron chi connectivity index (χ2n) is 6.40. The number of rotatable bonds is 11. The number of pyridine rings is 1. The van der Waals surface area contributed by atoms with Gasteiger partial charge in [0.05, 0.1) is 6.54 Å². The second-order valence-corrected chi connectivity index (χ2v) is 8.44. The molecule has 1 N–H and O–H groups in total. The summed E-state index contributed by atoms with van der Waals surface area (Å²) in [5, 5.41) is 2.78. The molecule has 7 heteroatoms. The van der Waals surface area contributed by atoms with E-state index in [2.05, 4.69) is 24.1 Å². The summed E-state index contributed by atoms with van der Waals surface area (Å²) in [6.07, 6.45) is 8.41. The topological polar surface area (TPSA) is 79.4 Å². The van der Waals surface area contributed by atoms with Crippen LogP contribution in [0.2, 0.25) is 0 Å². The van der Waals surface area contributed by atoms with E-state index in [0.717, 1.165) is 23.1 Å². The number of carbonyl (C=O) groups is 1. The van der Waals surface area contributed by atoms with Crippen molar-refractivity contribution >= 4 is 15.9 Å². The number of unbranched alkanes of at least 4 members (excludes halogenated alkanes) is 3. The summed E-state index contributed by atoms with van der Waals surface area (Å²) in [4.78, 5) is 15.8. The van der Waals surface area contributed by atoms with E-state index in [4.69, 9.17) is 0 Å². The monoisotopic (exact) mass is 355 g/mol. The van der Waals surface area contributed by atoms with E-state index in [9.17, 15) is 13.2 Å². The molecule has 1 rings (SSSR count). The first-order valence-corrected chi connectivity index (χ1v) is 9.91. The maximum absolute atomic E-state index is 12.3. The Bertz CT molecular complexity index is 588. The summed E-state index contributed by atoms with van der Waals surface area (Å²) in [5.41, 5.74) is 0. The van der Waals surface area contributed by atoms with Gasteiger partial charge >= 0.3 is 0 Å². The molecule has 0 unspecified atom stereocenters. The van der Waals surface area contributed by atoms with Crippen LogP contribution in [0, 0.1) is 5.92 Å². The van der Waals surface area contributed by atoms with Crippen molar-refractivity contribution in [2.24, 2.45) is 5.92 Å². The normalized spacial score (nSPS) is 11.9. The molecule has 24 heavy (non-hydrogen) atoms. The van der Waals surface area contributed by atoms with E-state index in [1.165, 1.54) is 44.8 Å². The number of carbonyl (C=O) groups excluding carboxylic acids is 1. The molecule has 0 aromatic carbocycles. The largest absolute Gasteiger partial charge is 0.355 e. The quantitative estimate of drug-likeness (QED) is 0.618. The fourth-order valence-electron chi connectivity index (χ4n) is 2.28. The zero-order valence-corrected chi connectivity index (χ0v) is 15.7. The average molecular weight is 356 g/mol. The lowest BCUT2D eigenvalue weighted by Crippen LogP contribution is -2.38. The number of nitrogens with one attached hydrogen (secondary N) is 1. The van der Waals surface area contributed by atoms with Crippen LogP contribution >= 0.6 is 0 Å². The Kier molecular flexibility index (Phi) is 8.92. The van der Waals surface area contributed by atoms with E-state index in [-0.39, 0.29) is 17.3 Å². The van der Waals surface area contributed by atoms with Gasteiger partial charge in [0.2, 0.25) is 15.9 Å². The summed E-state index contributed by atoms with van der Waals surface area (Å²) >= 11 is 0. The van der Waals surface area contributed by atoms with Crippen molar-refractivity contribution < 1.29 is 13.2 Å². The predicted molar refractivity (Wildman–Crippen MR) is 95.0 cm³/mol. The molecule has 0 atom stereocenters. The van der Waals surface area contributed by atoms with Gasteiger partial charge in [-0.3, -0.25) is 9.78 Å². The first kappa shape index (κ1) is 20.6. The van der Waals surface area contributed by atoms with Gasteiger partial charge in [0.25, 0.3) is 0 Å². The van der Waals surface area contributed by atoms with Gasteiger partial charge in [0.1, 0.15) is 4.90 Å². The summed E-state index contributed by atoms with van der Waals surface area (Å²) in [7, 11) is -2.28. The number of nitrogens with zero attached hydrogens (tertiary/aromatic N) is 2. The molecule has 136 valence electrons. The highest BCUT2D eigenvalue weighted by molar-refractivity contribution is 7.89. The van der Waals surface area contributed by atoms with E-state index < -0.39 is 10.0 Å². The van der Waals surface area contributed by atoms with E-state index in [0.29, 0.717) is 6.54 Å². The van der Waals surface area contributed by atoms with Crippen LogP contribution in [0.25, 0.3) is 0 Å². The molecule has 0 aliphatic carbocycles. The second kappa shape index (κ2) is 10.4. The number of hydrogen-bond acceptors (Lipinski definition) is 4. The maximum Gasteiger partial charge on any atom is 0.244 e. The van der Waals surface area contributed by atoms with Crippen molar-refractivity contribution in [3.63, 3.8) is 0 Å². The fraction of sp³-hybridized carbons (Fsp3) is 0.647. The molecule has 6 nitrogen and oxygen atoms in total. The van der Waals surface area contributed by atoms with Gasteiger partial charge in [-0.05, 0) is 24.5 Å². The Morgan fingerprint density at radius 1 is 1.25 bits per heavy atom. The molecule has 1 heterocycles. The molecule has 0 spiro atoms. The Hall–Kier alpha value is -1.47. The van der Waals surface area contributed by atoms with Crippen LogP contribution < -0.4 is 5.32 Å². The van der Waals surface area contributed by atoms with Crippen LogP contribution in [0.15, 0.2) is 29.4 Å². The zero-order chi connectivity index (χ0) is 18.0. The molecule has 1 amide bonds. The SMILES string of the molecule is CC(C)CCCCCCNC(=O)CN(C)S(=O)(=O)c1cccnc1. The number of amides is 1. The minimum Gasteiger partial charge on any atom is -0.355 e. The third kappa shape index (κ3) is 7.40. The van der Waals surface area contributed by atoms with E-state index >= 15 is 0 Å². The van der Waals surface area contributed by atoms with E-state index in [1.54, 1.807) is 6.07 Å². The molecule has 0 saturated heterocycles. The highest BCUT2D eigenvalue weighted by Crippen LogP contribution is 2.12. The van der Waals surface area contributed by atoms with Gasteiger partial charge in [-0.25, -0.2) is 8.42 Å². The number of hydrogen-bond donors (Lipinski definition) is 1. The van der Waals surface area contributed by atoms with Gasteiger partial charge in [0.15, 0.2) is 0 Å². The lowest BCUT2D eigenvalue weighted by molar-refractivity contribution is -0.121. The minimum atomic E-state index is -3.67. The average Bonchev–Trinajstić information content (AvgIpc) is 2.54. The Morgan fingerprint density at radius 2 is 1.96 bits per heavy atom. The first-order chi connectivity index (χ1) is 11.3. The Morgan fingerprint density at radius 3 is 2.58 bits per heavy atom. The Balaban J connectivity index is 2.27. The van der Waals surface area contributed by atoms with Crippen molar-refractivity contribution in [3.8, 4) is 0 Å². The van der Waals surface area contributed by atoms with Crippen LogP contribution in [-0.4, -0.2) is 43.8 Å². The molecule has 1 aromatic rings. The summed E-state index contributed by atoms with van der Waals surface area (Å²) in [6.45, 7) is 4.83. The van der Waals surface area contributed by atoms with Gasteiger partial charge < -0.3 is 5.32 Å². The minimum absolute atomic E-state index is 0.0884. The molecule has 0 fully saturated rings. The lowest BCUT2D eigenvalue weighted by Gasteiger charge is -2.16.